The van der Waals surface area contributed by atoms with Crippen molar-refractivity contribution in [3.63, 3.8) is 0 Å². The van der Waals surface area contributed by atoms with Crippen molar-refractivity contribution >= 4 is 0 Å². The van der Waals surface area contributed by atoms with Crippen LogP contribution in [0.2, 0.25) is 0 Å². The summed E-state index contributed by atoms with van der Waals surface area (Å²) in [6.45, 7) is -0.564. The number of rotatable bonds is 13. The van der Waals surface area contributed by atoms with Gasteiger partial charge in [0.05, 0.1) is 33.0 Å². The number of phenols is 1. The summed E-state index contributed by atoms with van der Waals surface area (Å²) >= 11 is 0. The second kappa shape index (κ2) is 13.9. The number of aromatic hydroxyl groups is 1. The van der Waals surface area contributed by atoms with E-state index < -0.39 is 49.5 Å². The molecule has 0 bridgehead atoms. The lowest BCUT2D eigenvalue weighted by atomic mass is 9.97. The van der Waals surface area contributed by atoms with Crippen molar-refractivity contribution in [2.45, 2.75) is 75.0 Å². The lowest BCUT2D eigenvalue weighted by Gasteiger charge is -2.41. The minimum Gasteiger partial charge on any atom is -0.504 e. The number of hydrogen-bond donors (Lipinski definition) is 6. The highest BCUT2D eigenvalue weighted by molar-refractivity contribution is 5.41. The van der Waals surface area contributed by atoms with Crippen LogP contribution in [-0.4, -0.2) is 94.4 Å². The van der Waals surface area contributed by atoms with Crippen LogP contribution in [0.25, 0.3) is 0 Å². The van der Waals surface area contributed by atoms with E-state index in [1.54, 1.807) is 19.2 Å². The zero-order chi connectivity index (χ0) is 26.9. The SMILES string of the molecule is COc1ccc(CC[C@H](O)C[C@H](CCc2ccc(OC)c(O)c2)O[C@@H]2O[C@H](CO)[C@@H](O)[C@H](O)[C@H]2O)cc1. The molecule has 0 aliphatic carbocycles. The maximum atomic E-state index is 10.8. The van der Waals surface area contributed by atoms with Gasteiger partial charge in [0.15, 0.2) is 17.8 Å². The van der Waals surface area contributed by atoms with Crippen LogP contribution < -0.4 is 9.47 Å². The van der Waals surface area contributed by atoms with Crippen LogP contribution in [-0.2, 0) is 22.3 Å². The number of aliphatic hydroxyl groups is 5. The van der Waals surface area contributed by atoms with E-state index in [-0.39, 0.29) is 12.2 Å². The van der Waals surface area contributed by atoms with Crippen LogP contribution in [0.3, 0.4) is 0 Å². The minimum absolute atomic E-state index is 0.00549. The lowest BCUT2D eigenvalue weighted by Crippen LogP contribution is -2.59. The van der Waals surface area contributed by atoms with Crippen LogP contribution >= 0.6 is 0 Å². The summed E-state index contributed by atoms with van der Waals surface area (Å²) in [4.78, 5) is 0. The highest BCUT2D eigenvalue weighted by atomic mass is 16.7. The van der Waals surface area contributed by atoms with Gasteiger partial charge in [-0.3, -0.25) is 0 Å². The van der Waals surface area contributed by atoms with E-state index in [1.807, 2.05) is 30.3 Å². The van der Waals surface area contributed by atoms with Gasteiger partial charge in [-0.2, -0.15) is 0 Å². The van der Waals surface area contributed by atoms with Crippen molar-refractivity contribution in [3.05, 3.63) is 53.6 Å². The highest BCUT2D eigenvalue weighted by Crippen LogP contribution is 2.29. The smallest absolute Gasteiger partial charge is 0.186 e. The Morgan fingerprint density at radius 2 is 1.54 bits per heavy atom. The standard InChI is InChI=1S/C27H38O10/c1-34-19-9-4-16(5-10-19)3-8-18(29)14-20(11-6-17-7-12-22(35-2)21(30)13-17)36-27-26(33)25(32)24(31)23(15-28)37-27/h4-5,7,9-10,12-13,18,20,23-33H,3,6,8,11,14-15H2,1-2H3/t18-,20-,23+,24+,25-,26+,27+/m0/s1. The molecular weight excluding hydrogens is 484 g/mol. The summed E-state index contributed by atoms with van der Waals surface area (Å²) in [5.41, 5.74) is 1.85. The lowest BCUT2D eigenvalue weighted by molar-refractivity contribution is -0.313. The van der Waals surface area contributed by atoms with E-state index in [9.17, 15) is 30.6 Å². The molecular formula is C27H38O10. The molecule has 0 unspecified atom stereocenters. The molecule has 10 heteroatoms. The van der Waals surface area contributed by atoms with Crippen LogP contribution in [0.15, 0.2) is 42.5 Å². The van der Waals surface area contributed by atoms with Gasteiger partial charge in [-0.25, -0.2) is 0 Å². The predicted molar refractivity (Wildman–Crippen MR) is 134 cm³/mol. The molecule has 6 N–H and O–H groups in total. The number of aryl methyl sites for hydroxylation is 2. The molecule has 37 heavy (non-hydrogen) atoms. The maximum absolute atomic E-state index is 10.8. The molecule has 0 aromatic heterocycles. The quantitative estimate of drug-likeness (QED) is 0.223. The third-order valence-electron chi connectivity index (χ3n) is 6.63. The van der Waals surface area contributed by atoms with Crippen LogP contribution in [0, 0.1) is 0 Å². The fourth-order valence-corrected chi connectivity index (χ4v) is 4.38. The third-order valence-corrected chi connectivity index (χ3v) is 6.63. The molecule has 0 spiro atoms. The summed E-state index contributed by atoms with van der Waals surface area (Å²) in [7, 11) is 3.06. The highest BCUT2D eigenvalue weighted by Gasteiger charge is 2.44. The van der Waals surface area contributed by atoms with E-state index in [0.29, 0.717) is 31.4 Å². The molecule has 2 aromatic carbocycles. The first-order chi connectivity index (χ1) is 17.7. The van der Waals surface area contributed by atoms with Gasteiger partial charge in [0.25, 0.3) is 0 Å². The van der Waals surface area contributed by atoms with Gasteiger partial charge in [0.1, 0.15) is 30.2 Å². The van der Waals surface area contributed by atoms with Gasteiger partial charge in [-0.15, -0.1) is 0 Å². The fourth-order valence-electron chi connectivity index (χ4n) is 4.38. The average molecular weight is 523 g/mol. The van der Waals surface area contributed by atoms with Crippen molar-refractivity contribution in [2.24, 2.45) is 0 Å². The maximum Gasteiger partial charge on any atom is 0.186 e. The molecule has 2 aromatic rings. The Labute approximate surface area is 216 Å². The number of phenolic OH excluding ortho intramolecular Hbond substituents is 1. The van der Waals surface area contributed by atoms with Crippen molar-refractivity contribution in [2.75, 3.05) is 20.8 Å². The molecule has 10 nitrogen and oxygen atoms in total. The Morgan fingerprint density at radius 3 is 2.16 bits per heavy atom. The molecule has 0 radical (unpaired) electrons. The summed E-state index contributed by atoms with van der Waals surface area (Å²) in [5.74, 6) is 1.11. The number of benzene rings is 2. The van der Waals surface area contributed by atoms with Crippen LogP contribution in [0.5, 0.6) is 17.2 Å². The van der Waals surface area contributed by atoms with Gasteiger partial charge < -0.3 is 49.6 Å². The Balaban J connectivity index is 1.66. The van der Waals surface area contributed by atoms with Gasteiger partial charge >= 0.3 is 0 Å². The van der Waals surface area contributed by atoms with Crippen molar-refractivity contribution < 1.29 is 49.6 Å². The van der Waals surface area contributed by atoms with E-state index in [1.165, 1.54) is 7.11 Å². The average Bonchev–Trinajstić information content (AvgIpc) is 2.91. The van der Waals surface area contributed by atoms with Gasteiger partial charge in [-0.1, -0.05) is 18.2 Å². The van der Waals surface area contributed by atoms with Crippen molar-refractivity contribution in [3.8, 4) is 17.2 Å². The molecule has 0 amide bonds. The topological polar surface area (TPSA) is 158 Å². The molecule has 0 saturated carbocycles. The molecule has 1 fully saturated rings. The van der Waals surface area contributed by atoms with Crippen LogP contribution in [0.1, 0.15) is 30.4 Å². The Hall–Kier alpha value is -2.44. The Kier molecular flexibility index (Phi) is 11.0. The third kappa shape index (κ3) is 8.02. The largest absolute Gasteiger partial charge is 0.504 e. The zero-order valence-corrected chi connectivity index (χ0v) is 21.1. The molecule has 1 heterocycles. The van der Waals surface area contributed by atoms with Crippen LogP contribution in [0.4, 0.5) is 0 Å². The van der Waals surface area contributed by atoms with Gasteiger partial charge in [-0.05, 0) is 67.5 Å². The first-order valence-electron chi connectivity index (χ1n) is 12.4. The van der Waals surface area contributed by atoms with Crippen molar-refractivity contribution in [1.82, 2.24) is 0 Å². The second-order valence-corrected chi connectivity index (χ2v) is 9.28. The van der Waals surface area contributed by atoms with E-state index in [2.05, 4.69) is 0 Å². The monoisotopic (exact) mass is 522 g/mol. The van der Waals surface area contributed by atoms with Gasteiger partial charge in [0.2, 0.25) is 0 Å². The predicted octanol–water partition coefficient (Wildman–Crippen LogP) is 0.911. The van der Waals surface area contributed by atoms with Gasteiger partial charge in [0, 0.05) is 0 Å². The molecule has 7 atom stereocenters. The second-order valence-electron chi connectivity index (χ2n) is 9.28. The summed E-state index contributed by atoms with van der Waals surface area (Å²) in [6, 6.07) is 12.6. The summed E-state index contributed by atoms with van der Waals surface area (Å²) in [6.07, 6.45) is -6.14. The zero-order valence-electron chi connectivity index (χ0n) is 21.1. The van der Waals surface area contributed by atoms with E-state index in [0.717, 1.165) is 16.9 Å². The molecule has 1 saturated heterocycles. The first kappa shape index (κ1) is 29.1. The number of hydrogen-bond acceptors (Lipinski definition) is 10. The minimum atomic E-state index is -1.56. The molecule has 206 valence electrons. The molecule has 1 aliphatic heterocycles. The molecule has 3 rings (SSSR count). The normalized spacial score (nSPS) is 25.4. The summed E-state index contributed by atoms with van der Waals surface area (Å²) < 4.78 is 21.8. The first-order valence-corrected chi connectivity index (χ1v) is 12.4. The molecule has 1 aliphatic rings. The number of aliphatic hydroxyl groups excluding tert-OH is 5. The number of ether oxygens (including phenoxy) is 4. The fraction of sp³-hybridized carbons (Fsp3) is 0.556. The Bertz CT molecular complexity index is 951. The number of methoxy groups -OCH3 is 2. The van der Waals surface area contributed by atoms with Crippen molar-refractivity contribution in [1.29, 1.82) is 0 Å². The van der Waals surface area contributed by atoms with E-state index in [4.69, 9.17) is 18.9 Å². The Morgan fingerprint density at radius 1 is 0.865 bits per heavy atom. The summed E-state index contributed by atoms with van der Waals surface area (Å²) in [5, 5.41) is 61.0. The van der Waals surface area contributed by atoms with E-state index >= 15 is 0 Å².